The molecule has 120 valence electrons. The van der Waals surface area contributed by atoms with Crippen LogP contribution in [0.15, 0.2) is 24.3 Å². The quantitative estimate of drug-likeness (QED) is 0.564. The molecule has 0 aromatic heterocycles. The van der Waals surface area contributed by atoms with Gasteiger partial charge < -0.3 is 5.11 Å². The first-order valence-electron chi connectivity index (χ1n) is 7.41. The number of carbonyl (C=O) groups excluding carboxylic acids is 2. The molecule has 1 aromatic rings. The molecule has 3 fully saturated rings. The summed E-state index contributed by atoms with van der Waals surface area (Å²) in [6.45, 7) is 0. The molecule has 1 N–H and O–H groups in total. The van der Waals surface area contributed by atoms with E-state index in [1.54, 1.807) is 0 Å². The average molecular weight is 443 g/mol. The molecule has 2 saturated carbocycles. The number of benzene rings is 1. The Morgan fingerprint density at radius 2 is 1.48 bits per heavy atom. The smallest absolute Gasteiger partial charge is 0.335 e. The number of alkyl halides is 2. The van der Waals surface area contributed by atoms with Crippen molar-refractivity contribution in [3.05, 3.63) is 29.8 Å². The van der Waals surface area contributed by atoms with E-state index in [-0.39, 0.29) is 50.7 Å². The predicted octanol–water partition coefficient (Wildman–Crippen LogP) is 2.67. The first kappa shape index (κ1) is 15.3. The van der Waals surface area contributed by atoms with Crippen molar-refractivity contribution in [3.63, 3.8) is 0 Å². The maximum Gasteiger partial charge on any atom is 0.335 e. The van der Waals surface area contributed by atoms with Crippen LogP contribution >= 0.6 is 31.9 Å². The lowest BCUT2D eigenvalue weighted by Crippen LogP contribution is -2.37. The second kappa shape index (κ2) is 5.14. The predicted molar refractivity (Wildman–Crippen MR) is 89.9 cm³/mol. The summed E-state index contributed by atoms with van der Waals surface area (Å²) in [5, 5.41) is 8.95. The Bertz CT molecular complexity index is 687. The number of carboxylic acid groups (broad SMARTS) is 1. The summed E-state index contributed by atoms with van der Waals surface area (Å²) >= 11 is 7.30. The minimum Gasteiger partial charge on any atom is -0.478 e. The molecule has 2 aliphatic carbocycles. The van der Waals surface area contributed by atoms with Gasteiger partial charge in [-0.2, -0.15) is 0 Å². The summed E-state index contributed by atoms with van der Waals surface area (Å²) in [4.78, 5) is 38.2. The molecule has 0 radical (unpaired) electrons. The van der Waals surface area contributed by atoms with Crippen molar-refractivity contribution in [1.82, 2.24) is 0 Å². The number of carboxylic acids is 1. The van der Waals surface area contributed by atoms with E-state index in [4.69, 9.17) is 5.11 Å². The summed E-state index contributed by atoms with van der Waals surface area (Å²) in [5.74, 6) is -1.51. The number of nitrogens with zero attached hydrogens (tertiary/aromatic N) is 1. The van der Waals surface area contributed by atoms with Gasteiger partial charge in [0.15, 0.2) is 0 Å². The Morgan fingerprint density at radius 3 is 1.91 bits per heavy atom. The Morgan fingerprint density at radius 1 is 1.00 bits per heavy atom. The highest BCUT2D eigenvalue weighted by Crippen LogP contribution is 2.60. The fourth-order valence-corrected chi connectivity index (χ4v) is 6.23. The van der Waals surface area contributed by atoms with E-state index < -0.39 is 5.97 Å². The molecule has 2 unspecified atom stereocenters. The van der Waals surface area contributed by atoms with Gasteiger partial charge in [0.2, 0.25) is 11.8 Å². The second-order valence-corrected chi connectivity index (χ2v) is 8.48. The number of imide groups is 1. The van der Waals surface area contributed by atoms with Crippen LogP contribution in [0.25, 0.3) is 0 Å². The number of hydrogen-bond donors (Lipinski definition) is 1. The molecule has 2 bridgehead atoms. The molecule has 7 heteroatoms. The van der Waals surface area contributed by atoms with E-state index in [0.717, 1.165) is 6.42 Å². The van der Waals surface area contributed by atoms with Crippen LogP contribution in [0.5, 0.6) is 0 Å². The number of fused-ring (bicyclic) bond motifs is 5. The lowest BCUT2D eigenvalue weighted by atomic mass is 9.81. The monoisotopic (exact) mass is 441 g/mol. The lowest BCUT2D eigenvalue weighted by molar-refractivity contribution is -0.123. The molecule has 23 heavy (non-hydrogen) atoms. The Labute approximate surface area is 149 Å². The number of halogens is 2. The van der Waals surface area contributed by atoms with Gasteiger partial charge in [-0.3, -0.25) is 14.5 Å². The van der Waals surface area contributed by atoms with Crippen LogP contribution in [0.3, 0.4) is 0 Å². The Balaban J connectivity index is 1.68. The van der Waals surface area contributed by atoms with Crippen LogP contribution in [0, 0.1) is 23.7 Å². The molecule has 0 spiro atoms. The zero-order chi connectivity index (χ0) is 16.5. The third-order valence-electron chi connectivity index (χ3n) is 5.36. The topological polar surface area (TPSA) is 74.7 Å². The third kappa shape index (κ3) is 1.99. The van der Waals surface area contributed by atoms with Crippen LogP contribution in [-0.4, -0.2) is 32.5 Å². The van der Waals surface area contributed by atoms with Gasteiger partial charge in [0.1, 0.15) is 0 Å². The first-order valence-corrected chi connectivity index (χ1v) is 9.24. The van der Waals surface area contributed by atoms with E-state index in [9.17, 15) is 14.4 Å². The van der Waals surface area contributed by atoms with E-state index in [1.807, 2.05) is 0 Å². The van der Waals surface area contributed by atoms with Gasteiger partial charge in [-0.1, -0.05) is 31.9 Å². The van der Waals surface area contributed by atoms with Crippen molar-refractivity contribution in [2.75, 3.05) is 4.90 Å². The highest BCUT2D eigenvalue weighted by Gasteiger charge is 2.66. The minimum absolute atomic E-state index is 0.133. The van der Waals surface area contributed by atoms with Gasteiger partial charge in [-0.25, -0.2) is 4.79 Å². The maximum absolute atomic E-state index is 12.8. The van der Waals surface area contributed by atoms with Crippen LogP contribution in [0.4, 0.5) is 5.69 Å². The molecule has 4 rings (SSSR count). The molecule has 2 amide bonds. The van der Waals surface area contributed by atoms with Crippen molar-refractivity contribution in [1.29, 1.82) is 0 Å². The van der Waals surface area contributed by atoms with Crippen LogP contribution in [0.1, 0.15) is 16.8 Å². The van der Waals surface area contributed by atoms with Crippen molar-refractivity contribution < 1.29 is 19.5 Å². The number of amides is 2. The van der Waals surface area contributed by atoms with Crippen molar-refractivity contribution in [3.8, 4) is 0 Å². The van der Waals surface area contributed by atoms with E-state index in [1.165, 1.54) is 29.2 Å². The summed E-state index contributed by atoms with van der Waals surface area (Å²) in [6, 6.07) is 5.89. The van der Waals surface area contributed by atoms with Crippen LogP contribution in [0.2, 0.25) is 0 Å². The molecule has 3 aliphatic rings. The van der Waals surface area contributed by atoms with Crippen molar-refractivity contribution >= 4 is 55.3 Å². The van der Waals surface area contributed by atoms with Gasteiger partial charge in [0, 0.05) is 9.65 Å². The van der Waals surface area contributed by atoms with Gasteiger partial charge in [0.05, 0.1) is 23.1 Å². The fraction of sp³-hybridized carbons (Fsp3) is 0.438. The largest absolute Gasteiger partial charge is 0.478 e. The van der Waals surface area contributed by atoms with Crippen molar-refractivity contribution in [2.45, 2.75) is 16.1 Å². The van der Waals surface area contributed by atoms with Crippen molar-refractivity contribution in [2.24, 2.45) is 23.7 Å². The number of rotatable bonds is 2. The summed E-state index contributed by atoms with van der Waals surface area (Å²) in [5.41, 5.74) is 0.588. The fourth-order valence-electron chi connectivity index (χ4n) is 4.36. The summed E-state index contributed by atoms with van der Waals surface area (Å²) in [6.07, 6.45) is 0.893. The maximum atomic E-state index is 12.8. The molecule has 1 saturated heterocycles. The number of carbonyl (C=O) groups is 3. The average Bonchev–Trinajstić information content (AvgIpc) is 3.12. The minimum atomic E-state index is -1.03. The molecule has 1 aromatic carbocycles. The lowest BCUT2D eigenvalue weighted by Gasteiger charge is -2.28. The highest BCUT2D eigenvalue weighted by atomic mass is 79.9. The van der Waals surface area contributed by atoms with Gasteiger partial charge in [-0.15, -0.1) is 0 Å². The molecule has 6 atom stereocenters. The molecule has 1 aliphatic heterocycles. The standard InChI is InChI=1S/C16H13Br2NO4/c17-12-8-5-9(13(12)18)11-10(8)14(20)19(15(11)21)7-3-1-6(2-4-7)16(22)23/h1-4,8-13H,5H2,(H,22,23)/t8-,9+,10-,11+,12?,13?. The summed E-state index contributed by atoms with van der Waals surface area (Å²) < 4.78 is 0. The normalized spacial score (nSPS) is 38.3. The third-order valence-corrected chi connectivity index (χ3v) is 8.57. The zero-order valence-electron chi connectivity index (χ0n) is 11.9. The van der Waals surface area contributed by atoms with Crippen LogP contribution < -0.4 is 4.90 Å². The Hall–Kier alpha value is -1.21. The van der Waals surface area contributed by atoms with Crippen LogP contribution in [-0.2, 0) is 9.59 Å². The number of hydrogen-bond acceptors (Lipinski definition) is 3. The molecule has 1 heterocycles. The number of anilines is 1. The van der Waals surface area contributed by atoms with E-state index in [0.29, 0.717) is 5.69 Å². The van der Waals surface area contributed by atoms with Gasteiger partial charge >= 0.3 is 5.97 Å². The highest BCUT2D eigenvalue weighted by molar-refractivity contribution is 9.12. The van der Waals surface area contributed by atoms with E-state index in [2.05, 4.69) is 31.9 Å². The zero-order valence-corrected chi connectivity index (χ0v) is 15.0. The Kier molecular flexibility index (Phi) is 3.43. The molecule has 5 nitrogen and oxygen atoms in total. The molecular weight excluding hydrogens is 430 g/mol. The SMILES string of the molecule is O=C(O)c1ccc(N2C(=O)[C@@H]3[C@H](C2=O)[C@H]2C[C@@H]3C(Br)C2Br)cc1. The van der Waals surface area contributed by atoms with E-state index >= 15 is 0 Å². The van der Waals surface area contributed by atoms with Gasteiger partial charge in [0.25, 0.3) is 0 Å². The number of aromatic carboxylic acids is 1. The first-order chi connectivity index (χ1) is 10.9. The second-order valence-electron chi connectivity index (χ2n) is 6.37. The molecular formula is C16H13Br2NO4. The van der Waals surface area contributed by atoms with Gasteiger partial charge in [-0.05, 0) is 42.5 Å². The summed E-state index contributed by atoms with van der Waals surface area (Å²) in [7, 11) is 0.